The van der Waals surface area contributed by atoms with Crippen molar-refractivity contribution < 1.29 is 19.1 Å². The summed E-state index contributed by atoms with van der Waals surface area (Å²) in [4.78, 5) is 42.2. The summed E-state index contributed by atoms with van der Waals surface area (Å²) >= 11 is 4.38. The normalized spacial score (nSPS) is 21.8. The SMILES string of the molecule is Cc1cccc(C(C(=O)NC2CCCCC2)N(C(=O)C(CS)NC(=O)OC(C)(C)C)C2CC2C)c1C. The van der Waals surface area contributed by atoms with Crippen molar-refractivity contribution in [1.29, 1.82) is 0 Å². The first-order valence-electron chi connectivity index (χ1n) is 13.2. The zero-order valence-corrected chi connectivity index (χ0v) is 23.5. The fourth-order valence-corrected chi connectivity index (χ4v) is 5.25. The molecule has 2 aliphatic rings. The van der Waals surface area contributed by atoms with Crippen molar-refractivity contribution in [1.82, 2.24) is 15.5 Å². The van der Waals surface area contributed by atoms with E-state index in [1.807, 2.05) is 32.0 Å². The Labute approximate surface area is 221 Å². The van der Waals surface area contributed by atoms with E-state index in [9.17, 15) is 14.4 Å². The lowest BCUT2D eigenvalue weighted by atomic mass is 9.92. The molecule has 0 aliphatic heterocycles. The predicted octanol–water partition coefficient (Wildman–Crippen LogP) is 4.85. The second-order valence-corrected chi connectivity index (χ2v) is 11.8. The van der Waals surface area contributed by atoms with E-state index >= 15 is 0 Å². The molecule has 3 rings (SSSR count). The van der Waals surface area contributed by atoms with E-state index in [1.165, 1.54) is 6.42 Å². The molecule has 0 bridgehead atoms. The summed E-state index contributed by atoms with van der Waals surface area (Å²) in [5.41, 5.74) is 2.19. The average Bonchev–Trinajstić information content (AvgIpc) is 3.52. The number of alkyl carbamates (subject to hydrolysis) is 1. The molecule has 2 saturated carbocycles. The van der Waals surface area contributed by atoms with E-state index in [1.54, 1.807) is 25.7 Å². The Kier molecular flexibility index (Phi) is 9.36. The zero-order chi connectivity index (χ0) is 26.6. The lowest BCUT2D eigenvalue weighted by Crippen LogP contribution is -2.55. The second kappa shape index (κ2) is 11.9. The van der Waals surface area contributed by atoms with Crippen molar-refractivity contribution in [3.8, 4) is 0 Å². The molecule has 4 unspecified atom stereocenters. The Morgan fingerprint density at radius 3 is 2.33 bits per heavy atom. The Hall–Kier alpha value is -2.22. The maximum atomic E-state index is 14.0. The number of carbonyl (C=O) groups excluding carboxylic acids is 3. The number of thiol groups is 1. The molecule has 0 heterocycles. The van der Waals surface area contributed by atoms with Gasteiger partial charge in [-0.25, -0.2) is 4.79 Å². The first-order valence-corrected chi connectivity index (χ1v) is 13.8. The fraction of sp³-hybridized carbons (Fsp3) is 0.679. The van der Waals surface area contributed by atoms with Crippen LogP contribution >= 0.6 is 12.6 Å². The summed E-state index contributed by atoms with van der Waals surface area (Å²) in [7, 11) is 0. The third-order valence-corrected chi connectivity index (χ3v) is 7.63. The second-order valence-electron chi connectivity index (χ2n) is 11.4. The van der Waals surface area contributed by atoms with Crippen LogP contribution < -0.4 is 10.6 Å². The van der Waals surface area contributed by atoms with Gasteiger partial charge in [0.15, 0.2) is 0 Å². The molecular weight excluding hydrogens is 474 g/mol. The zero-order valence-electron chi connectivity index (χ0n) is 22.6. The van der Waals surface area contributed by atoms with Crippen LogP contribution in [0.5, 0.6) is 0 Å². The maximum Gasteiger partial charge on any atom is 0.408 e. The standard InChI is InChI=1S/C28H43N3O4S/c1-17-11-10-14-21(19(17)3)24(25(32)29-20-12-8-7-9-13-20)31(23-15-18(23)2)26(33)22(16-36)30-27(34)35-28(4,5)6/h10-11,14,18,20,22-24,36H,7-9,12-13,15-16H2,1-6H3,(H,29,32)(H,30,34). The summed E-state index contributed by atoms with van der Waals surface area (Å²) in [5, 5.41) is 5.95. The van der Waals surface area contributed by atoms with E-state index < -0.39 is 23.8 Å². The molecular formula is C28H43N3O4S. The van der Waals surface area contributed by atoms with Gasteiger partial charge in [0.25, 0.3) is 0 Å². The van der Waals surface area contributed by atoms with Crippen LogP contribution in [0.25, 0.3) is 0 Å². The van der Waals surface area contributed by atoms with Crippen LogP contribution in [0, 0.1) is 19.8 Å². The monoisotopic (exact) mass is 517 g/mol. The molecule has 0 saturated heterocycles. The lowest BCUT2D eigenvalue weighted by molar-refractivity contribution is -0.143. The Morgan fingerprint density at radius 2 is 1.78 bits per heavy atom. The van der Waals surface area contributed by atoms with Crippen LogP contribution in [0.4, 0.5) is 4.79 Å². The highest BCUT2D eigenvalue weighted by atomic mass is 32.1. The van der Waals surface area contributed by atoms with Gasteiger partial charge in [-0.2, -0.15) is 12.6 Å². The summed E-state index contributed by atoms with van der Waals surface area (Å²) in [6.07, 6.45) is 5.45. The van der Waals surface area contributed by atoms with Gasteiger partial charge in [-0.1, -0.05) is 44.4 Å². The molecule has 3 amide bonds. The molecule has 0 radical (unpaired) electrons. The van der Waals surface area contributed by atoms with Crippen molar-refractivity contribution in [3.63, 3.8) is 0 Å². The number of nitrogens with zero attached hydrogens (tertiary/aromatic N) is 1. The molecule has 2 fully saturated rings. The highest BCUT2D eigenvalue weighted by Gasteiger charge is 2.48. The number of hydrogen-bond acceptors (Lipinski definition) is 5. The number of rotatable bonds is 8. The van der Waals surface area contributed by atoms with Gasteiger partial charge in [0.05, 0.1) is 0 Å². The number of nitrogens with one attached hydrogen (secondary N) is 2. The topological polar surface area (TPSA) is 87.7 Å². The molecule has 1 aromatic carbocycles. The molecule has 0 spiro atoms. The van der Waals surface area contributed by atoms with E-state index in [2.05, 4.69) is 30.2 Å². The van der Waals surface area contributed by atoms with Gasteiger partial charge in [-0.15, -0.1) is 0 Å². The molecule has 2 aliphatic carbocycles. The van der Waals surface area contributed by atoms with Crippen LogP contribution in [0.15, 0.2) is 18.2 Å². The van der Waals surface area contributed by atoms with Gasteiger partial charge in [-0.05, 0) is 76.5 Å². The average molecular weight is 518 g/mol. The molecule has 200 valence electrons. The highest BCUT2D eigenvalue weighted by molar-refractivity contribution is 7.80. The molecule has 8 heteroatoms. The molecule has 36 heavy (non-hydrogen) atoms. The van der Waals surface area contributed by atoms with Crippen LogP contribution in [0.1, 0.15) is 89.0 Å². The maximum absolute atomic E-state index is 14.0. The molecule has 0 aromatic heterocycles. The van der Waals surface area contributed by atoms with Gasteiger partial charge < -0.3 is 20.3 Å². The summed E-state index contributed by atoms with van der Waals surface area (Å²) < 4.78 is 5.39. The van der Waals surface area contributed by atoms with Crippen molar-refractivity contribution in [3.05, 3.63) is 34.9 Å². The van der Waals surface area contributed by atoms with Crippen molar-refractivity contribution in [2.24, 2.45) is 5.92 Å². The highest BCUT2D eigenvalue weighted by Crippen LogP contribution is 2.41. The molecule has 1 aromatic rings. The smallest absolute Gasteiger partial charge is 0.408 e. The number of carbonyl (C=O) groups is 3. The fourth-order valence-electron chi connectivity index (χ4n) is 5.00. The molecule has 2 N–H and O–H groups in total. The van der Waals surface area contributed by atoms with E-state index in [0.717, 1.165) is 48.8 Å². The third kappa shape index (κ3) is 7.17. The predicted molar refractivity (Wildman–Crippen MR) is 145 cm³/mol. The Balaban J connectivity index is 1.96. The largest absolute Gasteiger partial charge is 0.444 e. The third-order valence-electron chi connectivity index (χ3n) is 7.27. The summed E-state index contributed by atoms with van der Waals surface area (Å²) in [6.45, 7) is 11.4. The molecule has 7 nitrogen and oxygen atoms in total. The van der Waals surface area contributed by atoms with Gasteiger partial charge in [0.2, 0.25) is 11.8 Å². The van der Waals surface area contributed by atoms with Gasteiger partial charge in [-0.3, -0.25) is 9.59 Å². The first-order chi connectivity index (χ1) is 16.9. The first kappa shape index (κ1) is 28.4. The van der Waals surface area contributed by atoms with Crippen LogP contribution in [0.3, 0.4) is 0 Å². The van der Waals surface area contributed by atoms with Crippen molar-refractivity contribution >= 4 is 30.5 Å². The number of ether oxygens (including phenoxy) is 1. The summed E-state index contributed by atoms with van der Waals surface area (Å²) in [6, 6.07) is 4.24. The number of hydrogen-bond donors (Lipinski definition) is 3. The summed E-state index contributed by atoms with van der Waals surface area (Å²) in [5.74, 6) is -0.0984. The van der Waals surface area contributed by atoms with Gasteiger partial charge >= 0.3 is 6.09 Å². The van der Waals surface area contributed by atoms with E-state index in [-0.39, 0.29) is 35.6 Å². The Morgan fingerprint density at radius 1 is 1.14 bits per heavy atom. The number of aryl methyl sites for hydroxylation is 1. The Bertz CT molecular complexity index is 955. The van der Waals surface area contributed by atoms with Crippen LogP contribution in [0.2, 0.25) is 0 Å². The van der Waals surface area contributed by atoms with Crippen molar-refractivity contribution in [2.45, 2.75) is 110 Å². The minimum Gasteiger partial charge on any atom is -0.444 e. The number of amides is 3. The van der Waals surface area contributed by atoms with Gasteiger partial charge in [0, 0.05) is 17.8 Å². The lowest BCUT2D eigenvalue weighted by Gasteiger charge is -2.36. The minimum atomic E-state index is -0.911. The van der Waals surface area contributed by atoms with Crippen molar-refractivity contribution in [2.75, 3.05) is 5.75 Å². The minimum absolute atomic E-state index is 0.0812. The number of benzene rings is 1. The molecule has 4 atom stereocenters. The van der Waals surface area contributed by atoms with E-state index in [0.29, 0.717) is 0 Å². The van der Waals surface area contributed by atoms with Gasteiger partial charge in [0.1, 0.15) is 17.7 Å². The van der Waals surface area contributed by atoms with Crippen LogP contribution in [-0.4, -0.2) is 52.3 Å². The van der Waals surface area contributed by atoms with Crippen LogP contribution in [-0.2, 0) is 14.3 Å². The quantitative estimate of drug-likeness (QED) is 0.430. The van der Waals surface area contributed by atoms with E-state index in [4.69, 9.17) is 4.74 Å².